The van der Waals surface area contributed by atoms with E-state index in [4.69, 9.17) is 0 Å². The standard InChI is InChI=1S/C10H15N.ClI/c1-6-5-10(11)9(4)8(3)7(6)2;1-2/h5H,11H2,1-4H3;/p+1. The third kappa shape index (κ3) is 3.11. The van der Waals surface area contributed by atoms with Gasteiger partial charge in [-0.3, -0.25) is 0 Å². The van der Waals surface area contributed by atoms with Crippen LogP contribution < -0.4 is 5.73 Å². The first-order valence-corrected chi connectivity index (χ1v) is 6.81. The largest absolute Gasteiger partial charge is 0.325 e. The van der Waals surface area contributed by atoms with Gasteiger partial charge in [-0.15, -0.1) is 0 Å². The van der Waals surface area contributed by atoms with Crippen molar-refractivity contribution in [3.05, 3.63) is 28.3 Å². The summed E-state index contributed by atoms with van der Waals surface area (Å²) in [4.78, 5) is 0. The summed E-state index contributed by atoms with van der Waals surface area (Å²) in [7, 11) is 4.61. The minimum atomic E-state index is 1.16. The lowest BCUT2D eigenvalue weighted by molar-refractivity contribution is -0.255. The lowest BCUT2D eigenvalue weighted by Gasteiger charge is -2.07. The molecule has 0 heterocycles. The van der Waals surface area contributed by atoms with Crippen LogP contribution in [-0.2, 0) is 0 Å². The van der Waals surface area contributed by atoms with E-state index in [2.05, 4.69) is 48.4 Å². The number of halogens is 2. The summed E-state index contributed by atoms with van der Waals surface area (Å²) < 4.78 is 0. The van der Waals surface area contributed by atoms with E-state index in [1.54, 1.807) is 21.5 Å². The summed E-state index contributed by atoms with van der Waals surface area (Å²) in [5, 5.41) is 0. The highest BCUT2D eigenvalue weighted by Crippen LogP contribution is 2.21. The van der Waals surface area contributed by atoms with Gasteiger partial charge in [0.05, 0.1) is 0 Å². The molecule has 0 bridgehead atoms. The molecule has 0 aliphatic rings. The molecule has 0 unspecified atom stereocenters. The molecule has 0 aromatic heterocycles. The Labute approximate surface area is 97.5 Å². The topological polar surface area (TPSA) is 27.6 Å². The summed E-state index contributed by atoms with van der Waals surface area (Å²) in [6.07, 6.45) is 0. The molecule has 0 atom stereocenters. The van der Waals surface area contributed by atoms with Crippen molar-refractivity contribution in [3.63, 3.8) is 0 Å². The van der Waals surface area contributed by atoms with Crippen molar-refractivity contribution in [2.75, 3.05) is 0 Å². The van der Waals surface area contributed by atoms with Gasteiger partial charge in [-0.1, -0.05) is 0 Å². The second-order valence-electron chi connectivity index (χ2n) is 3.23. The van der Waals surface area contributed by atoms with Gasteiger partial charge in [0.15, 0.2) is 0 Å². The van der Waals surface area contributed by atoms with Crippen LogP contribution in [0.2, 0.25) is 0 Å². The van der Waals surface area contributed by atoms with Crippen LogP contribution >= 0.6 is 30.4 Å². The molecule has 0 aliphatic heterocycles. The molecule has 0 radical (unpaired) electrons. The molecule has 0 fully saturated rings. The van der Waals surface area contributed by atoms with Gasteiger partial charge in [0.25, 0.3) is 0 Å². The highest BCUT2D eigenvalue weighted by molar-refractivity contribution is 14.1. The van der Waals surface area contributed by atoms with Crippen LogP contribution in [-0.4, -0.2) is 0 Å². The molecule has 1 nitrogen and oxygen atoms in total. The highest BCUT2D eigenvalue weighted by atomic mass is 127. The Balaban J connectivity index is 0.000000671. The first-order valence-electron chi connectivity index (χ1n) is 4.07. The number of hydrogen-bond donors (Lipinski definition) is 1. The van der Waals surface area contributed by atoms with E-state index in [1.165, 1.54) is 22.3 Å². The van der Waals surface area contributed by atoms with Crippen LogP contribution in [0.4, 0.5) is 5.69 Å². The monoisotopic (exact) mass is 312 g/mol. The molecule has 0 spiro atoms. The van der Waals surface area contributed by atoms with Gasteiger partial charge in [-0.2, -0.15) is 0 Å². The molecule has 0 saturated carbocycles. The number of aryl methyl sites for hydroxylation is 1. The molecule has 0 saturated heterocycles. The van der Waals surface area contributed by atoms with Crippen LogP contribution in [0.5, 0.6) is 0 Å². The normalized spacial score (nSPS) is 9.15. The molecule has 0 amide bonds. The smallest absolute Gasteiger partial charge is 0.131 e. The Morgan fingerprint density at radius 1 is 1.00 bits per heavy atom. The molecule has 1 aromatic rings. The van der Waals surface area contributed by atoms with Crippen molar-refractivity contribution in [1.82, 2.24) is 0 Å². The zero-order chi connectivity index (χ0) is 10.6. The molecule has 1 aromatic carbocycles. The van der Waals surface area contributed by atoms with Crippen LogP contribution in [0, 0.1) is 27.7 Å². The predicted octanol–water partition coefficient (Wildman–Crippen LogP) is 3.37. The maximum atomic E-state index is 4.61. The van der Waals surface area contributed by atoms with Crippen LogP contribution in [0.25, 0.3) is 0 Å². The predicted molar refractivity (Wildman–Crippen MR) is 67.8 cm³/mol. The quantitative estimate of drug-likeness (QED) is 0.711. The molecule has 3 N–H and O–H groups in total. The van der Waals surface area contributed by atoms with E-state index in [1.807, 2.05) is 0 Å². The number of quaternary nitrogens is 1. The van der Waals surface area contributed by atoms with Crippen molar-refractivity contribution >= 4 is 36.1 Å². The maximum absolute atomic E-state index is 4.61. The van der Waals surface area contributed by atoms with Crippen LogP contribution in [0.15, 0.2) is 6.07 Å². The van der Waals surface area contributed by atoms with E-state index in [9.17, 15) is 0 Å². The van der Waals surface area contributed by atoms with Gasteiger partial charge < -0.3 is 5.73 Å². The third-order valence-electron chi connectivity index (χ3n) is 2.59. The van der Waals surface area contributed by atoms with Crippen LogP contribution in [0.3, 0.4) is 0 Å². The first kappa shape index (κ1) is 13.2. The van der Waals surface area contributed by atoms with E-state index in [-0.39, 0.29) is 0 Å². The fourth-order valence-electron chi connectivity index (χ4n) is 1.30. The minimum Gasteiger partial charge on any atom is -0.325 e. The fourth-order valence-corrected chi connectivity index (χ4v) is 1.30. The fraction of sp³-hybridized carbons (Fsp3) is 0.400. The number of rotatable bonds is 0. The van der Waals surface area contributed by atoms with Gasteiger partial charge in [0, 0.05) is 33.1 Å². The maximum Gasteiger partial charge on any atom is 0.131 e. The lowest BCUT2D eigenvalue weighted by atomic mass is 9.98. The van der Waals surface area contributed by atoms with Gasteiger partial charge in [-0.25, -0.2) is 0 Å². The van der Waals surface area contributed by atoms with Crippen molar-refractivity contribution in [1.29, 1.82) is 0 Å². The molecular formula is C10H16ClIN+. The van der Waals surface area contributed by atoms with Crippen molar-refractivity contribution in [3.8, 4) is 0 Å². The highest BCUT2D eigenvalue weighted by Gasteiger charge is 2.05. The van der Waals surface area contributed by atoms with E-state index in [0.717, 1.165) is 5.69 Å². The summed E-state index contributed by atoms with van der Waals surface area (Å²) >= 11 is 1.62. The summed E-state index contributed by atoms with van der Waals surface area (Å²) in [6, 6.07) is 2.15. The Morgan fingerprint density at radius 2 is 1.46 bits per heavy atom. The molecule has 1 rings (SSSR count). The summed E-state index contributed by atoms with van der Waals surface area (Å²) in [5.74, 6) is 0. The zero-order valence-corrected chi connectivity index (χ0v) is 11.5. The number of benzene rings is 1. The van der Waals surface area contributed by atoms with Gasteiger partial charge in [-0.05, 0) is 53.3 Å². The van der Waals surface area contributed by atoms with Gasteiger partial charge >= 0.3 is 0 Å². The van der Waals surface area contributed by atoms with Crippen molar-refractivity contribution in [2.45, 2.75) is 27.7 Å². The van der Waals surface area contributed by atoms with E-state index < -0.39 is 0 Å². The average Bonchev–Trinajstić information content (AvgIpc) is 2.15. The molecule has 74 valence electrons. The second kappa shape index (κ2) is 5.83. The van der Waals surface area contributed by atoms with E-state index in [0.29, 0.717) is 0 Å². The zero-order valence-electron chi connectivity index (χ0n) is 8.54. The first-order chi connectivity index (χ1) is 6.04. The Morgan fingerprint density at radius 3 is 1.92 bits per heavy atom. The molecule has 13 heavy (non-hydrogen) atoms. The van der Waals surface area contributed by atoms with Crippen molar-refractivity contribution in [2.24, 2.45) is 0 Å². The molecule has 3 heteroatoms. The Bertz CT molecular complexity index is 271. The minimum absolute atomic E-state index is 1.16. The van der Waals surface area contributed by atoms with Crippen molar-refractivity contribution < 1.29 is 5.73 Å². The summed E-state index contributed by atoms with van der Waals surface area (Å²) in [6.45, 7) is 8.59. The van der Waals surface area contributed by atoms with Gasteiger partial charge in [0.2, 0.25) is 0 Å². The summed E-state index contributed by atoms with van der Waals surface area (Å²) in [5.41, 5.74) is 10.6. The lowest BCUT2D eigenvalue weighted by Crippen LogP contribution is -2.41. The van der Waals surface area contributed by atoms with Crippen LogP contribution in [0.1, 0.15) is 22.3 Å². The SMILES string of the molecule is Cc1cc([NH3+])c(C)c(C)c1C.ClI. The van der Waals surface area contributed by atoms with Gasteiger partial charge in [0.1, 0.15) is 5.69 Å². The molecular weight excluding hydrogens is 296 g/mol. The Hall–Kier alpha value is 0.200. The second-order valence-corrected chi connectivity index (χ2v) is 3.23. The third-order valence-corrected chi connectivity index (χ3v) is 2.59. The average molecular weight is 313 g/mol. The van der Waals surface area contributed by atoms with E-state index >= 15 is 0 Å². The number of hydrogen-bond acceptors (Lipinski definition) is 0. The Kier molecular flexibility index (Phi) is 5.92. The molecule has 0 aliphatic carbocycles.